The minimum atomic E-state index is -1.01. The SMILES string of the molecule is CC/C=C\C/C=C\C/C=C\C/C=C\CCCCC(CCCCCCCC(=O)NC(CCCN)C(=O)O)OC(=O)CCCCCCCCC/C=C\C/C=C\C/C=C\CC. The van der Waals surface area contributed by atoms with Gasteiger partial charge in [-0.25, -0.2) is 4.79 Å². The van der Waals surface area contributed by atoms with E-state index < -0.39 is 12.0 Å². The van der Waals surface area contributed by atoms with Crippen LogP contribution >= 0.6 is 0 Å². The van der Waals surface area contributed by atoms with Crippen LogP contribution in [0.5, 0.6) is 0 Å². The molecule has 0 bridgehead atoms. The fraction of sp³-hybridized carbons (Fsp3) is 0.667. The second-order valence-corrected chi connectivity index (χ2v) is 15.4. The molecule has 7 heteroatoms. The average molecular weight is 807 g/mol. The highest BCUT2D eigenvalue weighted by Crippen LogP contribution is 2.18. The molecular weight excluding hydrogens is 721 g/mol. The van der Waals surface area contributed by atoms with Gasteiger partial charge in [-0.05, 0) is 129 Å². The Hall–Kier alpha value is -3.45. The van der Waals surface area contributed by atoms with Crippen LogP contribution in [0.1, 0.15) is 200 Å². The Morgan fingerprint density at radius 3 is 1.38 bits per heavy atom. The molecular formula is C51H86N2O5. The first-order chi connectivity index (χ1) is 28.4. The third kappa shape index (κ3) is 40.7. The van der Waals surface area contributed by atoms with Gasteiger partial charge in [0, 0.05) is 12.8 Å². The number of rotatable bonds is 41. The van der Waals surface area contributed by atoms with Crippen LogP contribution in [-0.2, 0) is 19.1 Å². The van der Waals surface area contributed by atoms with Gasteiger partial charge in [-0.15, -0.1) is 0 Å². The van der Waals surface area contributed by atoms with Crippen molar-refractivity contribution >= 4 is 17.8 Å². The molecule has 0 aliphatic rings. The molecule has 2 unspecified atom stereocenters. The zero-order chi connectivity index (χ0) is 42.4. The average Bonchev–Trinajstić information content (AvgIpc) is 3.21. The van der Waals surface area contributed by atoms with Gasteiger partial charge in [0.05, 0.1) is 0 Å². The van der Waals surface area contributed by atoms with Crippen LogP contribution in [0.3, 0.4) is 0 Å². The number of amides is 1. The maximum atomic E-state index is 12.8. The number of hydrogen-bond acceptors (Lipinski definition) is 5. The summed E-state index contributed by atoms with van der Waals surface area (Å²) in [6, 6.07) is -0.867. The van der Waals surface area contributed by atoms with Crippen LogP contribution in [0, 0.1) is 0 Å². The lowest BCUT2D eigenvalue weighted by Crippen LogP contribution is -2.40. The van der Waals surface area contributed by atoms with Crippen molar-refractivity contribution in [3.63, 3.8) is 0 Å². The van der Waals surface area contributed by atoms with Crippen LogP contribution in [-0.4, -0.2) is 41.6 Å². The molecule has 1 amide bonds. The van der Waals surface area contributed by atoms with Crippen LogP contribution in [0.2, 0.25) is 0 Å². The summed E-state index contributed by atoms with van der Waals surface area (Å²) >= 11 is 0. The number of aliphatic carboxylic acids is 1. The number of carboxylic acids is 1. The highest BCUT2D eigenvalue weighted by molar-refractivity contribution is 5.83. The summed E-state index contributed by atoms with van der Waals surface area (Å²) in [5.74, 6) is -1.28. The lowest BCUT2D eigenvalue weighted by atomic mass is 10.0. The molecule has 0 aromatic heterocycles. The number of hydrogen-bond donors (Lipinski definition) is 3. The van der Waals surface area contributed by atoms with E-state index in [1.165, 1.54) is 32.1 Å². The van der Waals surface area contributed by atoms with Gasteiger partial charge in [-0.2, -0.15) is 0 Å². The second kappa shape index (κ2) is 44.6. The van der Waals surface area contributed by atoms with Crippen molar-refractivity contribution in [2.75, 3.05) is 6.54 Å². The van der Waals surface area contributed by atoms with Crippen LogP contribution in [0.4, 0.5) is 0 Å². The number of esters is 1. The highest BCUT2D eigenvalue weighted by atomic mass is 16.5. The summed E-state index contributed by atoms with van der Waals surface area (Å²) in [4.78, 5) is 36.5. The molecule has 0 aromatic rings. The summed E-state index contributed by atoms with van der Waals surface area (Å²) in [6.45, 7) is 4.72. The highest BCUT2D eigenvalue weighted by Gasteiger charge is 2.19. The predicted molar refractivity (Wildman–Crippen MR) is 248 cm³/mol. The van der Waals surface area contributed by atoms with E-state index in [-0.39, 0.29) is 18.0 Å². The third-order valence-electron chi connectivity index (χ3n) is 9.96. The van der Waals surface area contributed by atoms with Gasteiger partial charge in [-0.1, -0.05) is 150 Å². The molecule has 0 fully saturated rings. The number of carbonyl (C=O) groups excluding carboxylic acids is 2. The zero-order valence-electron chi connectivity index (χ0n) is 37.1. The van der Waals surface area contributed by atoms with E-state index in [0.29, 0.717) is 32.2 Å². The second-order valence-electron chi connectivity index (χ2n) is 15.4. The van der Waals surface area contributed by atoms with E-state index in [2.05, 4.69) is 104 Å². The van der Waals surface area contributed by atoms with Crippen molar-refractivity contribution in [1.29, 1.82) is 0 Å². The first kappa shape index (κ1) is 54.6. The Kier molecular flexibility index (Phi) is 42.0. The number of ether oxygens (including phenoxy) is 1. The van der Waals surface area contributed by atoms with Crippen molar-refractivity contribution in [3.8, 4) is 0 Å². The fourth-order valence-electron chi connectivity index (χ4n) is 6.51. The van der Waals surface area contributed by atoms with Gasteiger partial charge in [0.1, 0.15) is 12.1 Å². The molecule has 0 heterocycles. The quantitative estimate of drug-likeness (QED) is 0.0322. The Bertz CT molecular complexity index is 1180. The topological polar surface area (TPSA) is 119 Å². The van der Waals surface area contributed by atoms with Crippen molar-refractivity contribution in [1.82, 2.24) is 5.32 Å². The maximum absolute atomic E-state index is 12.8. The monoisotopic (exact) mass is 807 g/mol. The van der Waals surface area contributed by atoms with Gasteiger partial charge in [-0.3, -0.25) is 9.59 Å². The first-order valence-electron chi connectivity index (χ1n) is 23.4. The molecule has 2 atom stereocenters. The van der Waals surface area contributed by atoms with Crippen molar-refractivity contribution < 1.29 is 24.2 Å². The zero-order valence-corrected chi connectivity index (χ0v) is 37.1. The number of carboxylic acid groups (broad SMARTS) is 1. The fourth-order valence-corrected chi connectivity index (χ4v) is 6.51. The van der Waals surface area contributed by atoms with Crippen LogP contribution in [0.25, 0.3) is 0 Å². The van der Waals surface area contributed by atoms with E-state index in [9.17, 15) is 19.5 Å². The van der Waals surface area contributed by atoms with Crippen molar-refractivity contribution in [2.24, 2.45) is 5.73 Å². The van der Waals surface area contributed by atoms with Crippen LogP contribution < -0.4 is 11.1 Å². The summed E-state index contributed by atoms with van der Waals surface area (Å²) < 4.78 is 6.04. The third-order valence-corrected chi connectivity index (χ3v) is 9.96. The van der Waals surface area contributed by atoms with E-state index >= 15 is 0 Å². The molecule has 330 valence electrons. The molecule has 58 heavy (non-hydrogen) atoms. The van der Waals surface area contributed by atoms with E-state index in [4.69, 9.17) is 10.5 Å². The first-order valence-corrected chi connectivity index (χ1v) is 23.4. The van der Waals surface area contributed by atoms with E-state index in [1.807, 2.05) is 0 Å². The summed E-state index contributed by atoms with van der Waals surface area (Å²) in [7, 11) is 0. The smallest absolute Gasteiger partial charge is 0.326 e. The molecule has 4 N–H and O–H groups in total. The van der Waals surface area contributed by atoms with Gasteiger partial charge in [0.25, 0.3) is 0 Å². The molecule has 0 saturated carbocycles. The summed E-state index contributed by atoms with van der Waals surface area (Å²) in [6.07, 6.45) is 59.1. The van der Waals surface area contributed by atoms with Gasteiger partial charge < -0.3 is 20.9 Å². The van der Waals surface area contributed by atoms with E-state index in [0.717, 1.165) is 128 Å². The number of unbranched alkanes of at least 4 members (excludes halogenated alkanes) is 13. The largest absolute Gasteiger partial charge is 0.480 e. The van der Waals surface area contributed by atoms with Crippen molar-refractivity contribution in [2.45, 2.75) is 212 Å². The van der Waals surface area contributed by atoms with Crippen LogP contribution in [0.15, 0.2) is 85.1 Å². The number of allylic oxidation sites excluding steroid dienone is 14. The van der Waals surface area contributed by atoms with Crippen molar-refractivity contribution in [3.05, 3.63) is 85.1 Å². The molecule has 7 nitrogen and oxygen atoms in total. The Labute approximate surface area is 355 Å². The minimum absolute atomic E-state index is 0.0368. The molecule has 0 rings (SSSR count). The Balaban J connectivity index is 4.44. The maximum Gasteiger partial charge on any atom is 0.326 e. The number of nitrogens with one attached hydrogen (secondary N) is 1. The van der Waals surface area contributed by atoms with Gasteiger partial charge in [0.2, 0.25) is 5.91 Å². The number of carbonyl (C=O) groups is 3. The predicted octanol–water partition coefficient (Wildman–Crippen LogP) is 13.7. The molecule has 0 spiro atoms. The Morgan fingerprint density at radius 1 is 0.500 bits per heavy atom. The molecule has 0 aliphatic carbocycles. The number of nitrogens with two attached hydrogens (primary N) is 1. The lowest BCUT2D eigenvalue weighted by molar-refractivity contribution is -0.150. The lowest BCUT2D eigenvalue weighted by Gasteiger charge is -2.18. The standard InChI is InChI=1S/C51H86N2O5/c1-3-5-7-9-11-13-15-17-19-20-22-24-26-28-30-35-39-45-50(55)58-47(41-36-32-29-27-25-23-21-18-16-14-12-10-8-6-4-2)42-37-33-31-34-38-44-49(54)53-48(51(56)57)43-40-46-52/h5-8,11-14,17-19,21,25,27,47-48H,3-4,9-10,15-16,20,22-24,26,28-46,52H2,1-2H3,(H,53,54)(H,56,57)/b7-5-,8-6-,13-11-,14-12-,19-17-,21-18-,27-25-. The normalized spacial score (nSPS) is 13.4. The molecule has 0 aromatic carbocycles. The summed E-state index contributed by atoms with van der Waals surface area (Å²) in [5, 5.41) is 12.0. The van der Waals surface area contributed by atoms with Gasteiger partial charge in [0.15, 0.2) is 0 Å². The minimum Gasteiger partial charge on any atom is -0.480 e. The molecule has 0 radical (unpaired) electrons. The Morgan fingerprint density at radius 2 is 0.897 bits per heavy atom. The molecule has 0 saturated heterocycles. The van der Waals surface area contributed by atoms with E-state index in [1.54, 1.807) is 0 Å². The molecule has 0 aliphatic heterocycles. The summed E-state index contributed by atoms with van der Waals surface area (Å²) in [5.41, 5.74) is 5.49. The van der Waals surface area contributed by atoms with Gasteiger partial charge >= 0.3 is 11.9 Å².